The van der Waals surface area contributed by atoms with Crippen LogP contribution in [0.5, 0.6) is 11.5 Å². The zero-order valence-electron chi connectivity index (χ0n) is 35.2. The second-order valence-corrected chi connectivity index (χ2v) is 18.8. The van der Waals surface area contributed by atoms with Crippen LogP contribution < -0.4 is 20.1 Å². The Morgan fingerprint density at radius 3 is 1.46 bits per heavy atom. The van der Waals surface area contributed by atoms with Crippen molar-refractivity contribution in [1.82, 2.24) is 10.6 Å². The molecule has 4 fully saturated rings. The van der Waals surface area contributed by atoms with Gasteiger partial charge < -0.3 is 29.6 Å². The first-order chi connectivity index (χ1) is 27.4. The molecule has 2 N–H and O–H groups in total. The molecule has 2 aromatic carbocycles. The highest BCUT2D eigenvalue weighted by Crippen LogP contribution is 2.56. The number of carbonyl (C=O) groups excluding carboxylic acids is 1. The van der Waals surface area contributed by atoms with Crippen molar-refractivity contribution < 1.29 is 23.7 Å². The van der Waals surface area contributed by atoms with E-state index < -0.39 is 18.7 Å². The lowest BCUT2D eigenvalue weighted by Crippen LogP contribution is -2.59. The van der Waals surface area contributed by atoms with E-state index in [0.717, 1.165) is 88.8 Å². The lowest BCUT2D eigenvalue weighted by molar-refractivity contribution is -0.143. The maximum atomic E-state index is 14.2. The van der Waals surface area contributed by atoms with Crippen LogP contribution in [0.4, 0.5) is 4.79 Å². The molecule has 56 heavy (non-hydrogen) atoms. The molecule has 0 spiro atoms. The summed E-state index contributed by atoms with van der Waals surface area (Å²) >= 11 is 0. The maximum Gasteiger partial charge on any atom is 0.514 e. The summed E-state index contributed by atoms with van der Waals surface area (Å²) in [4.78, 5) is 14.2. The van der Waals surface area contributed by atoms with Gasteiger partial charge in [0.2, 0.25) is 0 Å². The third kappa shape index (κ3) is 7.74. The van der Waals surface area contributed by atoms with E-state index in [2.05, 4.69) is 74.7 Å². The first-order valence-electron chi connectivity index (χ1n) is 23.4. The Kier molecular flexibility index (Phi) is 12.6. The molecule has 2 unspecified atom stereocenters. The van der Waals surface area contributed by atoms with Gasteiger partial charge >= 0.3 is 6.16 Å². The lowest BCUT2D eigenvalue weighted by Gasteiger charge is -2.56. The topological polar surface area (TPSA) is 78.1 Å². The minimum absolute atomic E-state index is 0.0658. The van der Waals surface area contributed by atoms with E-state index in [-0.39, 0.29) is 22.7 Å². The molecular weight excluding hydrogens is 697 g/mol. The van der Waals surface area contributed by atoms with Crippen molar-refractivity contribution in [2.45, 2.75) is 192 Å². The van der Waals surface area contributed by atoms with Gasteiger partial charge in [-0.05, 0) is 148 Å². The quantitative estimate of drug-likeness (QED) is 0.130. The fraction of sp³-hybridized carbons (Fsp3) is 0.735. The summed E-state index contributed by atoms with van der Waals surface area (Å²) in [7, 11) is 0. The summed E-state index contributed by atoms with van der Waals surface area (Å²) < 4.78 is 26.4. The highest BCUT2D eigenvalue weighted by atomic mass is 16.8. The van der Waals surface area contributed by atoms with Crippen LogP contribution in [0.25, 0.3) is 0 Å². The van der Waals surface area contributed by atoms with Gasteiger partial charge in [-0.2, -0.15) is 0 Å². The number of fused-ring (bicyclic) bond motifs is 2. The predicted octanol–water partition coefficient (Wildman–Crippen LogP) is 11.1. The zero-order chi connectivity index (χ0) is 38.7. The molecule has 7 heteroatoms. The number of ether oxygens (including phenoxy) is 4. The molecule has 2 aromatic rings. The molecule has 0 aromatic heterocycles. The average molecular weight is 769 g/mol. The molecule has 2 heterocycles. The highest BCUT2D eigenvalue weighted by Gasteiger charge is 2.53. The molecule has 8 rings (SSSR count). The van der Waals surface area contributed by atoms with Crippen molar-refractivity contribution >= 4 is 6.16 Å². The number of piperidine rings is 2. The molecule has 308 valence electrons. The number of benzene rings is 2. The molecule has 2 aliphatic heterocycles. The fourth-order valence-electron chi connectivity index (χ4n) is 13.2. The second kappa shape index (κ2) is 17.6. The third-order valence-corrected chi connectivity index (χ3v) is 15.6. The third-order valence-electron chi connectivity index (χ3n) is 15.6. The van der Waals surface area contributed by atoms with Gasteiger partial charge in [0.05, 0.1) is 0 Å². The van der Waals surface area contributed by atoms with Crippen molar-refractivity contribution in [1.29, 1.82) is 0 Å². The predicted molar refractivity (Wildman–Crippen MR) is 223 cm³/mol. The number of hydrogen-bond donors (Lipinski definition) is 2. The van der Waals surface area contributed by atoms with E-state index in [0.29, 0.717) is 23.9 Å². The van der Waals surface area contributed by atoms with Crippen LogP contribution in [0.15, 0.2) is 36.4 Å². The molecule has 4 aliphatic carbocycles. The molecule has 0 radical (unpaired) electrons. The summed E-state index contributed by atoms with van der Waals surface area (Å²) in [6.45, 7) is 11.0. The first-order valence-corrected chi connectivity index (χ1v) is 23.4. The van der Waals surface area contributed by atoms with Gasteiger partial charge in [-0.1, -0.05) is 91.2 Å². The fourth-order valence-corrected chi connectivity index (χ4v) is 13.2. The van der Waals surface area contributed by atoms with Gasteiger partial charge in [-0.25, -0.2) is 4.79 Å². The molecule has 8 atom stereocenters. The molecule has 2 saturated heterocycles. The second-order valence-electron chi connectivity index (χ2n) is 18.8. The van der Waals surface area contributed by atoms with Crippen molar-refractivity contribution in [3.05, 3.63) is 58.7 Å². The summed E-state index contributed by atoms with van der Waals surface area (Å²) in [5.74, 6) is 3.13. The van der Waals surface area contributed by atoms with Crippen molar-refractivity contribution in [2.24, 2.45) is 23.7 Å². The van der Waals surface area contributed by atoms with Gasteiger partial charge in [-0.3, -0.25) is 0 Å². The van der Waals surface area contributed by atoms with Crippen LogP contribution in [0.1, 0.15) is 166 Å². The number of nitrogens with one attached hydrogen (secondary N) is 2. The summed E-state index contributed by atoms with van der Waals surface area (Å²) in [5.41, 5.74) is 6.35. The van der Waals surface area contributed by atoms with E-state index in [4.69, 9.17) is 18.9 Å². The Hall–Kier alpha value is -2.77. The van der Waals surface area contributed by atoms with Crippen molar-refractivity contribution in [2.75, 3.05) is 13.1 Å². The molecule has 0 amide bonds. The first kappa shape index (κ1) is 40.0. The Morgan fingerprint density at radius 2 is 1.05 bits per heavy atom. The van der Waals surface area contributed by atoms with E-state index in [9.17, 15) is 4.79 Å². The molecule has 7 nitrogen and oxygen atoms in total. The Labute approximate surface area is 338 Å². The summed E-state index contributed by atoms with van der Waals surface area (Å²) in [5, 5.41) is 7.74. The van der Waals surface area contributed by atoms with Crippen LogP contribution in [-0.4, -0.2) is 43.9 Å². The molecule has 4 bridgehead atoms. The van der Waals surface area contributed by atoms with Crippen LogP contribution in [0.3, 0.4) is 0 Å². The van der Waals surface area contributed by atoms with Crippen molar-refractivity contribution in [3.63, 3.8) is 0 Å². The van der Waals surface area contributed by atoms with Gasteiger partial charge in [0, 0.05) is 34.7 Å². The molecular formula is C49H72N2O5. The number of rotatable bonds is 16. The van der Waals surface area contributed by atoms with Crippen molar-refractivity contribution in [3.8, 4) is 11.5 Å². The van der Waals surface area contributed by atoms with E-state index >= 15 is 0 Å². The Bertz CT molecular complexity index is 1510. The Balaban J connectivity index is 1.04. The largest absolute Gasteiger partial charge is 0.514 e. The average Bonchev–Trinajstić information content (AvgIpc) is 3.20. The minimum Gasteiger partial charge on any atom is -0.454 e. The zero-order valence-corrected chi connectivity index (χ0v) is 35.2. The molecule has 2 saturated carbocycles. The van der Waals surface area contributed by atoms with E-state index in [1.54, 1.807) is 0 Å². The number of carbonyl (C=O) groups is 1. The van der Waals surface area contributed by atoms with Gasteiger partial charge in [-0.15, -0.1) is 0 Å². The SMILES string of the molecule is CCCC(CCC)C(OC(=O)OC(Oc1ccc2c(c1)[C@@]13CCCC[C@H]1[C@@H](C2)NCC3)C(CCC)CCC)Oc1ccc2c(c1)[C@@]13CCCC[C@H]1[C@@H](C2)NCC3. The van der Waals surface area contributed by atoms with Gasteiger partial charge in [0.15, 0.2) is 0 Å². The number of hydrogen-bond acceptors (Lipinski definition) is 7. The smallest absolute Gasteiger partial charge is 0.454 e. The van der Waals surface area contributed by atoms with E-state index in [1.165, 1.54) is 86.5 Å². The Morgan fingerprint density at radius 1 is 0.625 bits per heavy atom. The standard InChI is InChI=1S/C49H72N2O5/c1-5-13-33(14-6-2)45(53-37-21-19-35-29-43-39-17-9-11-23-48(39,25-27-50-43)41(35)31-37)55-47(52)56-46(34(15-7-3)16-8-4)54-38-22-20-36-30-44-40-18-10-12-24-49(40,26-28-51-44)42(36)32-38/h19-22,31-34,39-40,43-46,50-51H,5-18,23-30H2,1-4H3/t39-,40-,43+,44+,45?,46?,48+,49+/m0/s1. The van der Waals surface area contributed by atoms with Crippen LogP contribution >= 0.6 is 0 Å². The lowest BCUT2D eigenvalue weighted by atomic mass is 9.53. The van der Waals surface area contributed by atoms with Crippen LogP contribution in [0, 0.1) is 23.7 Å². The maximum absolute atomic E-state index is 14.2. The highest BCUT2D eigenvalue weighted by molar-refractivity contribution is 5.60. The van der Waals surface area contributed by atoms with Crippen LogP contribution in [0.2, 0.25) is 0 Å². The van der Waals surface area contributed by atoms with E-state index in [1.807, 2.05) is 0 Å². The summed E-state index contributed by atoms with van der Waals surface area (Å²) in [6, 6.07) is 14.6. The monoisotopic (exact) mass is 769 g/mol. The van der Waals surface area contributed by atoms with Gasteiger partial charge in [0.25, 0.3) is 12.6 Å². The molecule has 6 aliphatic rings. The summed E-state index contributed by atoms with van der Waals surface area (Å²) in [6.07, 6.45) is 20.4. The van der Waals surface area contributed by atoms with Gasteiger partial charge in [0.1, 0.15) is 11.5 Å². The minimum atomic E-state index is -0.736. The normalized spacial score (nSPS) is 30.0. The van der Waals surface area contributed by atoms with Crippen LogP contribution in [-0.2, 0) is 33.1 Å².